The van der Waals surface area contributed by atoms with Crippen LogP contribution in [-0.2, 0) is 19.3 Å². The Kier molecular flexibility index (Phi) is 3.88. The molecule has 4 aliphatic rings. The maximum absolute atomic E-state index is 5.12. The van der Waals surface area contributed by atoms with Crippen LogP contribution >= 0.6 is 0 Å². The van der Waals surface area contributed by atoms with E-state index in [2.05, 4.69) is 66.8 Å². The van der Waals surface area contributed by atoms with Gasteiger partial charge in [-0.15, -0.1) is 0 Å². The number of rotatable bonds is 2. The molecule has 0 spiro atoms. The van der Waals surface area contributed by atoms with Gasteiger partial charge in [0.25, 0.3) is 0 Å². The van der Waals surface area contributed by atoms with Gasteiger partial charge in [0.1, 0.15) is 0 Å². The molecule has 1 saturated carbocycles. The highest BCUT2D eigenvalue weighted by molar-refractivity contribution is 5.67. The molecule has 0 saturated heterocycles. The Hall–Kier alpha value is -2.93. The van der Waals surface area contributed by atoms with E-state index >= 15 is 0 Å². The standard InChI is InChI=1S/C30H26N/c1-2-9-23-20(5-1)11-13-25-24(23)14-15-26-27(25)17-22(19-6-3-7-19)18-28(26)30-16-12-21-8-4-10-29(21)31-30/h1-2,4-5,9,11-12,14-16,19,22H,3,6-7,10,13,17-18H2. The molecule has 4 aliphatic carbocycles. The van der Waals surface area contributed by atoms with Crippen molar-refractivity contribution in [1.29, 1.82) is 0 Å². The van der Waals surface area contributed by atoms with Crippen LogP contribution < -0.4 is 10.4 Å². The quantitative estimate of drug-likeness (QED) is 0.616. The second-order valence-corrected chi connectivity index (χ2v) is 9.69. The molecule has 1 fully saturated rings. The second-order valence-electron chi connectivity index (χ2n) is 9.69. The molecule has 1 heteroatoms. The van der Waals surface area contributed by atoms with E-state index in [4.69, 9.17) is 4.98 Å². The van der Waals surface area contributed by atoms with Crippen LogP contribution in [0.2, 0.25) is 0 Å². The van der Waals surface area contributed by atoms with E-state index in [1.165, 1.54) is 75.5 Å². The lowest BCUT2D eigenvalue weighted by Crippen LogP contribution is -2.33. The molecule has 7 rings (SSSR count). The first-order valence-corrected chi connectivity index (χ1v) is 11.9. The van der Waals surface area contributed by atoms with Gasteiger partial charge in [0.15, 0.2) is 0 Å². The van der Waals surface area contributed by atoms with Gasteiger partial charge in [0.05, 0.1) is 11.4 Å². The molecule has 0 amide bonds. The number of nitrogens with zero attached hydrogens (tertiary/aromatic N) is 1. The summed E-state index contributed by atoms with van der Waals surface area (Å²) in [6.45, 7) is 0. The molecule has 1 unspecified atom stereocenters. The molecule has 2 aromatic carbocycles. The smallest absolute Gasteiger partial charge is 0.0671 e. The SMILES string of the molecule is [C]1=CCc2nc(C3=c4ccc5c(c4CC(C4CCC4)C3)CC=c3ccccc3=5)ccc21. The van der Waals surface area contributed by atoms with Crippen molar-refractivity contribution in [2.75, 3.05) is 0 Å². The summed E-state index contributed by atoms with van der Waals surface area (Å²) in [6, 6.07) is 18.1. The normalized spacial score (nSPS) is 20.9. The van der Waals surface area contributed by atoms with E-state index in [0.29, 0.717) is 0 Å². The lowest BCUT2D eigenvalue weighted by molar-refractivity contribution is 0.205. The average molecular weight is 401 g/mol. The summed E-state index contributed by atoms with van der Waals surface area (Å²) >= 11 is 0. The summed E-state index contributed by atoms with van der Waals surface area (Å²) in [4.78, 5) is 5.12. The maximum atomic E-state index is 5.12. The monoisotopic (exact) mass is 400 g/mol. The first-order valence-electron chi connectivity index (χ1n) is 11.9. The van der Waals surface area contributed by atoms with Crippen molar-refractivity contribution in [2.24, 2.45) is 11.8 Å². The Balaban J connectivity index is 1.50. The van der Waals surface area contributed by atoms with Crippen LogP contribution in [-0.4, -0.2) is 4.98 Å². The first kappa shape index (κ1) is 17.7. The van der Waals surface area contributed by atoms with Gasteiger partial charge in [-0.25, -0.2) is 0 Å². The van der Waals surface area contributed by atoms with E-state index in [0.717, 1.165) is 24.7 Å². The zero-order valence-electron chi connectivity index (χ0n) is 17.8. The second kappa shape index (κ2) is 6.79. The van der Waals surface area contributed by atoms with Gasteiger partial charge in [-0.2, -0.15) is 0 Å². The molecular weight excluding hydrogens is 374 g/mol. The Morgan fingerprint density at radius 1 is 0.774 bits per heavy atom. The van der Waals surface area contributed by atoms with E-state index in [9.17, 15) is 0 Å². The Labute approximate surface area is 183 Å². The minimum absolute atomic E-state index is 0.764. The topological polar surface area (TPSA) is 12.9 Å². The summed E-state index contributed by atoms with van der Waals surface area (Å²) in [5, 5.41) is 5.70. The first-order chi connectivity index (χ1) is 15.3. The minimum Gasteiger partial charge on any atom is -0.252 e. The Morgan fingerprint density at radius 3 is 2.58 bits per heavy atom. The van der Waals surface area contributed by atoms with Crippen LogP contribution in [0.5, 0.6) is 0 Å². The lowest BCUT2D eigenvalue weighted by atomic mass is 9.68. The lowest BCUT2D eigenvalue weighted by Gasteiger charge is -2.37. The van der Waals surface area contributed by atoms with Crippen molar-refractivity contribution >= 4 is 11.6 Å². The number of aromatic nitrogens is 1. The fourth-order valence-corrected chi connectivity index (χ4v) is 6.23. The highest BCUT2D eigenvalue weighted by Gasteiger charge is 2.32. The van der Waals surface area contributed by atoms with E-state index < -0.39 is 0 Å². The third-order valence-corrected chi connectivity index (χ3v) is 8.12. The van der Waals surface area contributed by atoms with Gasteiger partial charge in [-0.3, -0.25) is 4.98 Å². The van der Waals surface area contributed by atoms with Gasteiger partial charge in [0, 0.05) is 12.0 Å². The van der Waals surface area contributed by atoms with Crippen LogP contribution in [0.25, 0.3) is 11.6 Å². The Morgan fingerprint density at radius 2 is 1.68 bits per heavy atom. The molecule has 151 valence electrons. The van der Waals surface area contributed by atoms with E-state index in [1.807, 2.05) is 0 Å². The number of hydrogen-bond donors (Lipinski definition) is 0. The fourth-order valence-electron chi connectivity index (χ4n) is 6.23. The van der Waals surface area contributed by atoms with Crippen molar-refractivity contribution < 1.29 is 0 Å². The molecule has 0 aliphatic heterocycles. The largest absolute Gasteiger partial charge is 0.252 e. The molecule has 3 aromatic rings. The highest BCUT2D eigenvalue weighted by Crippen LogP contribution is 2.41. The van der Waals surface area contributed by atoms with Crippen LogP contribution in [0.3, 0.4) is 0 Å². The molecule has 1 radical (unpaired) electrons. The van der Waals surface area contributed by atoms with Crippen LogP contribution in [0.15, 0.2) is 54.6 Å². The number of hydrogen-bond acceptors (Lipinski definition) is 1. The van der Waals surface area contributed by atoms with Crippen LogP contribution in [0, 0.1) is 28.3 Å². The molecule has 0 bridgehead atoms. The molecule has 31 heavy (non-hydrogen) atoms. The van der Waals surface area contributed by atoms with Gasteiger partial charge >= 0.3 is 0 Å². The van der Waals surface area contributed by atoms with Gasteiger partial charge < -0.3 is 0 Å². The Bertz CT molecular complexity index is 1470. The summed E-state index contributed by atoms with van der Waals surface area (Å²) in [7, 11) is 0. The summed E-state index contributed by atoms with van der Waals surface area (Å²) in [5.41, 5.74) is 8.21. The van der Waals surface area contributed by atoms with Crippen LogP contribution in [0.1, 0.15) is 53.8 Å². The molecular formula is C30H26N. The zero-order valence-corrected chi connectivity index (χ0v) is 17.8. The average Bonchev–Trinajstić information content (AvgIpc) is 3.25. The number of pyridine rings is 1. The summed E-state index contributed by atoms with van der Waals surface area (Å²) < 4.78 is 0. The van der Waals surface area contributed by atoms with Crippen molar-refractivity contribution in [3.8, 4) is 0 Å². The third kappa shape index (κ3) is 2.72. The predicted octanol–water partition coefficient (Wildman–Crippen LogP) is 4.53. The van der Waals surface area contributed by atoms with Crippen molar-refractivity contribution in [1.82, 2.24) is 4.98 Å². The van der Waals surface area contributed by atoms with Gasteiger partial charge in [-0.1, -0.05) is 73.9 Å². The molecule has 1 heterocycles. The van der Waals surface area contributed by atoms with Crippen molar-refractivity contribution in [3.63, 3.8) is 0 Å². The molecule has 1 nitrogen and oxygen atoms in total. The van der Waals surface area contributed by atoms with E-state index in [-0.39, 0.29) is 0 Å². The summed E-state index contributed by atoms with van der Waals surface area (Å²) in [6.07, 6.45) is 16.5. The number of benzene rings is 2. The van der Waals surface area contributed by atoms with Gasteiger partial charge in [0.2, 0.25) is 0 Å². The molecule has 0 N–H and O–H groups in total. The number of allylic oxidation sites excluding steroid dienone is 1. The zero-order chi connectivity index (χ0) is 20.4. The fraction of sp³-hybridized carbons (Fsp3) is 0.300. The maximum Gasteiger partial charge on any atom is 0.0671 e. The van der Waals surface area contributed by atoms with Crippen molar-refractivity contribution in [2.45, 2.75) is 44.9 Å². The summed E-state index contributed by atoms with van der Waals surface area (Å²) in [5.74, 6) is 1.66. The van der Waals surface area contributed by atoms with Crippen LogP contribution in [0.4, 0.5) is 0 Å². The minimum atomic E-state index is 0.764. The predicted molar refractivity (Wildman–Crippen MR) is 124 cm³/mol. The molecule has 1 aromatic heterocycles. The molecule has 1 atom stereocenters. The third-order valence-electron chi connectivity index (χ3n) is 8.12. The van der Waals surface area contributed by atoms with Gasteiger partial charge in [-0.05, 0) is 80.8 Å². The van der Waals surface area contributed by atoms with Crippen molar-refractivity contribution in [3.05, 3.63) is 110 Å². The highest BCUT2D eigenvalue weighted by atomic mass is 14.7. The van der Waals surface area contributed by atoms with E-state index in [1.54, 1.807) is 11.1 Å². The number of fused-ring (bicyclic) bond motifs is 5.